The van der Waals surface area contributed by atoms with Crippen LogP contribution in [0.2, 0.25) is 0 Å². The lowest BCUT2D eigenvalue weighted by atomic mass is 9.85. The number of fused-ring (bicyclic) bond motifs is 1. The van der Waals surface area contributed by atoms with E-state index < -0.39 is 0 Å². The molecule has 0 bridgehead atoms. The first-order valence-electron chi connectivity index (χ1n) is 6.68. The molecule has 1 aromatic rings. The summed E-state index contributed by atoms with van der Waals surface area (Å²) in [5.41, 5.74) is 0. The summed E-state index contributed by atoms with van der Waals surface area (Å²) < 4.78 is 0. The Kier molecular flexibility index (Phi) is 3.30. The molecule has 5 heteroatoms. The normalized spacial score (nSPS) is 25.1. The van der Waals surface area contributed by atoms with E-state index in [9.17, 15) is 14.4 Å². The number of imide groups is 1. The third-order valence-electron chi connectivity index (χ3n) is 3.92. The van der Waals surface area contributed by atoms with Gasteiger partial charge in [0.15, 0.2) is 5.78 Å². The predicted octanol–water partition coefficient (Wildman–Crippen LogP) is 2.19. The Morgan fingerprint density at radius 1 is 1.20 bits per heavy atom. The molecule has 0 saturated carbocycles. The molecular weight excluding hydrogens is 274 g/mol. The fraction of sp³-hybridized carbons (Fsp3) is 0.400. The van der Waals surface area contributed by atoms with Gasteiger partial charge in [0.2, 0.25) is 11.8 Å². The first kappa shape index (κ1) is 13.2. The summed E-state index contributed by atoms with van der Waals surface area (Å²) in [6.45, 7) is 1.80. The largest absolute Gasteiger partial charge is 0.291 e. The summed E-state index contributed by atoms with van der Waals surface area (Å²) in [5.74, 6) is -1.05. The van der Waals surface area contributed by atoms with Crippen LogP contribution in [0.4, 0.5) is 0 Å². The minimum Gasteiger partial charge on any atom is -0.291 e. The van der Waals surface area contributed by atoms with Gasteiger partial charge in [0, 0.05) is 4.88 Å². The van der Waals surface area contributed by atoms with Gasteiger partial charge in [0.25, 0.3) is 0 Å². The number of carbonyl (C=O) groups is 3. The molecule has 2 heterocycles. The number of aryl methyl sites for hydroxylation is 1. The molecule has 2 aliphatic rings. The molecule has 1 aliphatic carbocycles. The first-order valence-corrected chi connectivity index (χ1v) is 7.49. The van der Waals surface area contributed by atoms with Gasteiger partial charge in [-0.05, 0) is 31.9 Å². The Labute approximate surface area is 121 Å². The highest BCUT2D eigenvalue weighted by atomic mass is 32.1. The molecule has 3 rings (SSSR count). The van der Waals surface area contributed by atoms with Crippen LogP contribution in [-0.2, 0) is 9.59 Å². The SMILES string of the molecule is Cc1ccc(C(=O)CN2C(=O)[C@H]3CC=CC[C@@H]3C2=O)s1. The highest BCUT2D eigenvalue weighted by Crippen LogP contribution is 2.35. The number of allylic oxidation sites excluding steroid dienone is 2. The summed E-state index contributed by atoms with van der Waals surface area (Å²) in [4.78, 5) is 39.5. The van der Waals surface area contributed by atoms with Gasteiger partial charge in [0.05, 0.1) is 23.3 Å². The van der Waals surface area contributed by atoms with Crippen molar-refractivity contribution in [3.8, 4) is 0 Å². The zero-order valence-electron chi connectivity index (χ0n) is 11.2. The van der Waals surface area contributed by atoms with Crippen molar-refractivity contribution in [2.75, 3.05) is 6.54 Å². The third kappa shape index (κ3) is 2.12. The second-order valence-corrected chi connectivity index (χ2v) is 6.54. The molecule has 20 heavy (non-hydrogen) atoms. The number of rotatable bonds is 3. The summed E-state index contributed by atoms with van der Waals surface area (Å²) >= 11 is 1.40. The van der Waals surface area contributed by atoms with Gasteiger partial charge in [-0.15, -0.1) is 11.3 Å². The number of hydrogen-bond acceptors (Lipinski definition) is 4. The molecule has 104 valence electrons. The molecule has 0 radical (unpaired) electrons. The lowest BCUT2D eigenvalue weighted by molar-refractivity contribution is -0.139. The number of thiophene rings is 1. The van der Waals surface area contributed by atoms with E-state index in [0.717, 1.165) is 9.78 Å². The van der Waals surface area contributed by atoms with E-state index in [0.29, 0.717) is 17.7 Å². The van der Waals surface area contributed by atoms with Crippen molar-refractivity contribution >= 4 is 28.9 Å². The van der Waals surface area contributed by atoms with E-state index in [4.69, 9.17) is 0 Å². The summed E-state index contributed by atoms with van der Waals surface area (Å²) in [6.07, 6.45) is 5.11. The van der Waals surface area contributed by atoms with Gasteiger partial charge in [0.1, 0.15) is 0 Å². The fourth-order valence-electron chi connectivity index (χ4n) is 2.83. The van der Waals surface area contributed by atoms with Gasteiger partial charge in [-0.2, -0.15) is 0 Å². The van der Waals surface area contributed by atoms with Gasteiger partial charge in [-0.25, -0.2) is 0 Å². The Morgan fingerprint density at radius 3 is 2.30 bits per heavy atom. The minimum atomic E-state index is -0.259. The second kappa shape index (κ2) is 4.98. The van der Waals surface area contributed by atoms with E-state index in [-0.39, 0.29) is 36.0 Å². The van der Waals surface area contributed by atoms with Crippen LogP contribution in [-0.4, -0.2) is 29.0 Å². The van der Waals surface area contributed by atoms with Crippen molar-refractivity contribution in [2.24, 2.45) is 11.8 Å². The van der Waals surface area contributed by atoms with Crippen LogP contribution in [0.15, 0.2) is 24.3 Å². The van der Waals surface area contributed by atoms with Gasteiger partial charge < -0.3 is 0 Å². The van der Waals surface area contributed by atoms with Crippen molar-refractivity contribution in [1.29, 1.82) is 0 Å². The Morgan fingerprint density at radius 2 is 1.80 bits per heavy atom. The molecule has 1 aliphatic heterocycles. The number of hydrogen-bond donors (Lipinski definition) is 0. The van der Waals surface area contributed by atoms with Crippen molar-refractivity contribution in [2.45, 2.75) is 19.8 Å². The van der Waals surface area contributed by atoms with Crippen LogP contribution in [0.25, 0.3) is 0 Å². The van der Waals surface area contributed by atoms with Gasteiger partial charge in [-0.1, -0.05) is 12.2 Å². The monoisotopic (exact) mass is 289 g/mol. The van der Waals surface area contributed by atoms with Crippen LogP contribution < -0.4 is 0 Å². The second-order valence-electron chi connectivity index (χ2n) is 5.25. The lowest BCUT2D eigenvalue weighted by Gasteiger charge is -2.14. The smallest absolute Gasteiger partial charge is 0.233 e. The van der Waals surface area contributed by atoms with E-state index in [1.807, 2.05) is 25.1 Å². The number of ketones is 1. The standard InChI is InChI=1S/C15H15NO3S/c1-9-6-7-13(20-9)12(17)8-16-14(18)10-4-2-3-5-11(10)15(16)19/h2-3,6-7,10-11H,4-5,8H2,1H3/t10-,11-/m0/s1. The fourth-order valence-corrected chi connectivity index (χ4v) is 3.63. The van der Waals surface area contributed by atoms with Crippen molar-refractivity contribution < 1.29 is 14.4 Å². The van der Waals surface area contributed by atoms with Gasteiger partial charge in [-0.3, -0.25) is 19.3 Å². The number of amides is 2. The number of nitrogens with zero attached hydrogens (tertiary/aromatic N) is 1. The zero-order valence-corrected chi connectivity index (χ0v) is 12.0. The van der Waals surface area contributed by atoms with E-state index in [1.54, 1.807) is 6.07 Å². The predicted molar refractivity (Wildman–Crippen MR) is 75.5 cm³/mol. The van der Waals surface area contributed by atoms with Crippen molar-refractivity contribution in [1.82, 2.24) is 4.90 Å². The number of likely N-dealkylation sites (tertiary alicyclic amines) is 1. The highest BCUT2D eigenvalue weighted by molar-refractivity contribution is 7.14. The van der Waals surface area contributed by atoms with Crippen molar-refractivity contribution in [3.05, 3.63) is 34.0 Å². The van der Waals surface area contributed by atoms with Crippen LogP contribution in [0.1, 0.15) is 27.4 Å². The average Bonchev–Trinajstić information content (AvgIpc) is 2.98. The molecule has 0 aromatic carbocycles. The average molecular weight is 289 g/mol. The number of Topliss-reactive ketones (excluding diaryl/α,β-unsaturated/α-hetero) is 1. The van der Waals surface area contributed by atoms with Crippen LogP contribution in [0, 0.1) is 18.8 Å². The molecule has 1 saturated heterocycles. The summed E-state index contributed by atoms with van der Waals surface area (Å²) in [5, 5.41) is 0. The topological polar surface area (TPSA) is 54.5 Å². The maximum absolute atomic E-state index is 12.2. The van der Waals surface area contributed by atoms with E-state index in [2.05, 4.69) is 0 Å². The van der Waals surface area contributed by atoms with Crippen LogP contribution in [0.3, 0.4) is 0 Å². The summed E-state index contributed by atoms with van der Waals surface area (Å²) in [7, 11) is 0. The minimum absolute atomic E-state index is 0.120. The van der Waals surface area contributed by atoms with Crippen LogP contribution in [0.5, 0.6) is 0 Å². The highest BCUT2D eigenvalue weighted by Gasteiger charge is 2.47. The molecular formula is C15H15NO3S. The molecule has 1 aromatic heterocycles. The molecule has 2 amide bonds. The van der Waals surface area contributed by atoms with E-state index in [1.165, 1.54) is 11.3 Å². The Hall–Kier alpha value is -1.75. The Bertz CT molecular complexity index is 590. The molecule has 2 atom stereocenters. The Balaban J connectivity index is 1.76. The molecule has 4 nitrogen and oxygen atoms in total. The maximum Gasteiger partial charge on any atom is 0.233 e. The summed E-state index contributed by atoms with van der Waals surface area (Å²) in [6, 6.07) is 3.62. The lowest BCUT2D eigenvalue weighted by Crippen LogP contribution is -2.35. The third-order valence-corrected chi connectivity index (χ3v) is 4.96. The van der Waals surface area contributed by atoms with E-state index >= 15 is 0 Å². The molecule has 1 fully saturated rings. The molecule has 0 N–H and O–H groups in total. The number of carbonyl (C=O) groups excluding carboxylic acids is 3. The van der Waals surface area contributed by atoms with Crippen LogP contribution >= 0.6 is 11.3 Å². The molecule has 0 spiro atoms. The van der Waals surface area contributed by atoms with Crippen molar-refractivity contribution in [3.63, 3.8) is 0 Å². The first-order chi connectivity index (χ1) is 9.58. The maximum atomic E-state index is 12.2. The quantitative estimate of drug-likeness (QED) is 0.487. The molecule has 0 unspecified atom stereocenters. The van der Waals surface area contributed by atoms with Gasteiger partial charge >= 0.3 is 0 Å². The zero-order chi connectivity index (χ0) is 14.3.